The molecule has 0 saturated carbocycles. The molecule has 0 spiro atoms. The summed E-state index contributed by atoms with van der Waals surface area (Å²) in [5.41, 5.74) is 1.72. The van der Waals surface area contributed by atoms with Gasteiger partial charge in [0, 0.05) is 28.7 Å². The van der Waals surface area contributed by atoms with Crippen molar-refractivity contribution in [2.75, 3.05) is 20.2 Å². The second-order valence-corrected chi connectivity index (χ2v) is 10.5. The van der Waals surface area contributed by atoms with Crippen LogP contribution in [-0.2, 0) is 4.79 Å². The summed E-state index contributed by atoms with van der Waals surface area (Å²) in [4.78, 5) is 34.4. The number of ether oxygens (including phenoxy) is 1. The normalized spacial score (nSPS) is 15.5. The van der Waals surface area contributed by atoms with Crippen LogP contribution in [0.15, 0.2) is 61.9 Å². The summed E-state index contributed by atoms with van der Waals surface area (Å²) in [6.45, 7) is 6.67. The Balaban J connectivity index is 2.02. The van der Waals surface area contributed by atoms with Gasteiger partial charge in [-0.1, -0.05) is 57.1 Å². The number of likely N-dealkylation sites (N-methyl/N-ethyl adjacent to an activating group) is 1. The molecule has 1 N–H and O–H groups in total. The van der Waals surface area contributed by atoms with Crippen molar-refractivity contribution in [3.8, 4) is 11.5 Å². The Labute approximate surface area is 225 Å². The van der Waals surface area contributed by atoms with Gasteiger partial charge in [-0.05, 0) is 45.0 Å². The second kappa shape index (κ2) is 10.6. The van der Waals surface area contributed by atoms with Crippen LogP contribution in [0.4, 0.5) is 0 Å². The monoisotopic (exact) mass is 589 g/mol. The molecule has 0 saturated heterocycles. The zero-order valence-corrected chi connectivity index (χ0v) is 23.4. The van der Waals surface area contributed by atoms with Gasteiger partial charge in [0.2, 0.25) is 0 Å². The molecule has 1 aliphatic heterocycles. The fourth-order valence-corrected chi connectivity index (χ4v) is 6.17. The van der Waals surface area contributed by atoms with Crippen LogP contribution in [0.5, 0.6) is 11.5 Å². The van der Waals surface area contributed by atoms with Gasteiger partial charge in [0.05, 0.1) is 27.9 Å². The van der Waals surface area contributed by atoms with Gasteiger partial charge in [-0.25, -0.2) is 4.99 Å². The highest BCUT2D eigenvalue weighted by Crippen LogP contribution is 2.36. The summed E-state index contributed by atoms with van der Waals surface area (Å²) in [5.74, 6) is 0.261. The number of aromatic hydroxyl groups is 1. The molecule has 188 valence electrons. The van der Waals surface area contributed by atoms with Crippen molar-refractivity contribution in [1.29, 1.82) is 0 Å². The third-order valence-corrected chi connectivity index (χ3v) is 7.81. The second-order valence-electron chi connectivity index (χ2n) is 8.13. The number of rotatable bonds is 6. The summed E-state index contributed by atoms with van der Waals surface area (Å²) in [6, 6.07) is 9.88. The number of carbonyl (C=O) groups is 1. The highest BCUT2D eigenvalue weighted by Gasteiger charge is 2.35. The molecule has 7 nitrogen and oxygen atoms in total. The van der Waals surface area contributed by atoms with Gasteiger partial charge >= 0.3 is 0 Å². The first kappa shape index (κ1) is 26.2. The van der Waals surface area contributed by atoms with Gasteiger partial charge < -0.3 is 14.7 Å². The molecule has 0 unspecified atom stereocenters. The van der Waals surface area contributed by atoms with Crippen LogP contribution in [-0.4, -0.2) is 40.7 Å². The van der Waals surface area contributed by atoms with Crippen LogP contribution in [0.25, 0.3) is 6.08 Å². The number of thiazole rings is 1. The lowest BCUT2D eigenvalue weighted by atomic mass is 9.94. The van der Waals surface area contributed by atoms with Crippen molar-refractivity contribution in [3.63, 3.8) is 0 Å². The summed E-state index contributed by atoms with van der Waals surface area (Å²) in [7, 11) is 1.56. The Kier molecular flexibility index (Phi) is 7.73. The first-order valence-corrected chi connectivity index (χ1v) is 13.3. The minimum atomic E-state index is -0.729. The number of phenolic OH excluding ortho intramolecular Hbond substituents is 1. The van der Waals surface area contributed by atoms with Crippen molar-refractivity contribution in [3.05, 3.63) is 88.0 Å². The van der Waals surface area contributed by atoms with Crippen LogP contribution in [0, 0.1) is 0 Å². The van der Waals surface area contributed by atoms with E-state index in [9.17, 15) is 14.7 Å². The smallest absolute Gasteiger partial charge is 0.271 e. The van der Waals surface area contributed by atoms with Crippen molar-refractivity contribution in [2.24, 2.45) is 4.99 Å². The predicted octanol–water partition coefficient (Wildman–Crippen LogP) is 4.23. The average Bonchev–Trinajstić information content (AvgIpc) is 3.16. The Hall–Kier alpha value is -2.88. The third kappa shape index (κ3) is 4.63. The van der Waals surface area contributed by atoms with E-state index in [1.807, 2.05) is 38.1 Å². The number of fused-ring (bicyclic) bond motifs is 1. The van der Waals surface area contributed by atoms with Crippen LogP contribution in [0.3, 0.4) is 0 Å². The van der Waals surface area contributed by atoms with E-state index in [0.29, 0.717) is 55.0 Å². The maximum absolute atomic E-state index is 13.8. The van der Waals surface area contributed by atoms with E-state index in [2.05, 4.69) is 20.9 Å². The molecule has 4 rings (SSSR count). The molecule has 2 aromatic carbocycles. The van der Waals surface area contributed by atoms with E-state index in [4.69, 9.17) is 16.3 Å². The minimum Gasteiger partial charge on any atom is -0.506 e. The predicted molar refractivity (Wildman–Crippen MR) is 146 cm³/mol. The molecule has 36 heavy (non-hydrogen) atoms. The summed E-state index contributed by atoms with van der Waals surface area (Å²) < 4.78 is 8.18. The molecule has 0 fully saturated rings. The number of benzene rings is 2. The SMILES string of the molecule is CCN(CC)C(=O)C1=C(C)N=c2s/c(=C/c3cc(Br)cc(Cl)c3O)c(=O)n2[C@H]1c1ccccc1OC. The van der Waals surface area contributed by atoms with Gasteiger partial charge in [0.25, 0.3) is 11.5 Å². The molecule has 2 heterocycles. The summed E-state index contributed by atoms with van der Waals surface area (Å²) in [6.07, 6.45) is 1.58. The fourth-order valence-electron chi connectivity index (χ4n) is 4.30. The molecule has 1 amide bonds. The van der Waals surface area contributed by atoms with Crippen molar-refractivity contribution in [2.45, 2.75) is 26.8 Å². The van der Waals surface area contributed by atoms with Crippen molar-refractivity contribution >= 4 is 50.9 Å². The first-order chi connectivity index (χ1) is 17.2. The number of amides is 1. The number of phenols is 1. The standard InChI is InChI=1S/C26H25BrClN3O4S/c1-5-30(6-2)25(34)21-14(3)29-26-31(22(21)17-9-7-8-10-19(17)35-4)24(33)20(36-26)12-15-11-16(27)13-18(28)23(15)32/h7-13,22,32H,5-6H2,1-4H3/b20-12+/t22-/m0/s1. The highest BCUT2D eigenvalue weighted by molar-refractivity contribution is 9.10. The largest absolute Gasteiger partial charge is 0.506 e. The molecule has 1 atom stereocenters. The van der Waals surface area contributed by atoms with Gasteiger partial charge in [0.1, 0.15) is 17.5 Å². The lowest BCUT2D eigenvalue weighted by Gasteiger charge is -2.29. The molecular formula is C26H25BrClN3O4S. The van der Waals surface area contributed by atoms with Gasteiger partial charge in [-0.15, -0.1) is 0 Å². The van der Waals surface area contributed by atoms with Crippen LogP contribution in [0.2, 0.25) is 5.02 Å². The Morgan fingerprint density at radius 2 is 2.00 bits per heavy atom. The van der Waals surface area contributed by atoms with E-state index < -0.39 is 6.04 Å². The number of aromatic nitrogens is 1. The molecule has 1 aliphatic rings. The maximum Gasteiger partial charge on any atom is 0.271 e. The zero-order valence-electron chi connectivity index (χ0n) is 20.2. The van der Waals surface area contributed by atoms with Crippen molar-refractivity contribution < 1.29 is 14.6 Å². The lowest BCUT2D eigenvalue weighted by molar-refractivity contribution is -0.127. The number of halogens is 2. The summed E-state index contributed by atoms with van der Waals surface area (Å²) in [5, 5.41) is 10.6. The minimum absolute atomic E-state index is 0.124. The quantitative estimate of drug-likeness (QED) is 0.466. The molecule has 0 aliphatic carbocycles. The number of carbonyl (C=O) groups excluding carboxylic acids is 1. The maximum atomic E-state index is 13.8. The number of nitrogens with zero attached hydrogens (tertiary/aromatic N) is 3. The Morgan fingerprint density at radius 1 is 1.31 bits per heavy atom. The molecule has 0 bridgehead atoms. The van der Waals surface area contributed by atoms with Gasteiger partial charge in [0.15, 0.2) is 4.80 Å². The van der Waals surface area contributed by atoms with Crippen molar-refractivity contribution in [1.82, 2.24) is 9.47 Å². The number of allylic oxidation sites excluding steroid dienone is 1. The Morgan fingerprint density at radius 3 is 2.67 bits per heavy atom. The lowest BCUT2D eigenvalue weighted by Crippen LogP contribution is -2.43. The van der Waals surface area contributed by atoms with E-state index in [1.165, 1.54) is 15.9 Å². The molecule has 1 aromatic heterocycles. The van der Waals surface area contributed by atoms with Gasteiger partial charge in [-0.2, -0.15) is 0 Å². The van der Waals surface area contributed by atoms with E-state index in [0.717, 1.165) is 0 Å². The topological polar surface area (TPSA) is 84.1 Å². The number of hydrogen-bond acceptors (Lipinski definition) is 6. The third-order valence-electron chi connectivity index (χ3n) is 6.08. The van der Waals surface area contributed by atoms with Gasteiger partial charge in [-0.3, -0.25) is 14.2 Å². The number of para-hydroxylation sites is 1. The first-order valence-electron chi connectivity index (χ1n) is 11.3. The molecule has 3 aromatic rings. The number of methoxy groups -OCH3 is 1. The van der Waals surface area contributed by atoms with E-state index in [1.54, 1.807) is 37.1 Å². The molecule has 0 radical (unpaired) electrons. The van der Waals surface area contributed by atoms with Crippen LogP contribution < -0.4 is 19.6 Å². The Bertz CT molecular complexity index is 1560. The zero-order chi connectivity index (χ0) is 26.1. The van der Waals surface area contributed by atoms with E-state index >= 15 is 0 Å². The molecular weight excluding hydrogens is 566 g/mol. The average molecular weight is 591 g/mol. The van der Waals surface area contributed by atoms with Crippen LogP contribution in [0.1, 0.15) is 37.9 Å². The highest BCUT2D eigenvalue weighted by atomic mass is 79.9. The fraction of sp³-hybridized carbons (Fsp3) is 0.269. The van der Waals surface area contributed by atoms with E-state index in [-0.39, 0.29) is 22.2 Å². The van der Waals surface area contributed by atoms with Crippen LogP contribution >= 0.6 is 38.9 Å². The summed E-state index contributed by atoms with van der Waals surface area (Å²) >= 11 is 10.7. The molecule has 10 heteroatoms. The number of hydrogen-bond donors (Lipinski definition) is 1.